The maximum atomic E-state index is 12.2. The number of aliphatic imine (C=N–C) groups is 1. The highest BCUT2D eigenvalue weighted by Crippen LogP contribution is 2.25. The van der Waals surface area contributed by atoms with Crippen LogP contribution >= 0.6 is 24.0 Å². The molecule has 1 aromatic rings. The lowest BCUT2D eigenvalue weighted by Crippen LogP contribution is -2.46. The van der Waals surface area contributed by atoms with Crippen molar-refractivity contribution in [2.75, 3.05) is 18.8 Å². The van der Waals surface area contributed by atoms with E-state index < -0.39 is 10.8 Å². The number of aromatic nitrogens is 1. The molecule has 4 unspecified atom stereocenters. The van der Waals surface area contributed by atoms with Gasteiger partial charge < -0.3 is 10.6 Å². The minimum Gasteiger partial charge on any atom is -0.357 e. The van der Waals surface area contributed by atoms with E-state index in [0.29, 0.717) is 23.1 Å². The van der Waals surface area contributed by atoms with Crippen molar-refractivity contribution in [1.82, 2.24) is 15.6 Å². The summed E-state index contributed by atoms with van der Waals surface area (Å²) in [6.45, 7) is 10.1. The first-order valence-corrected chi connectivity index (χ1v) is 11.7. The van der Waals surface area contributed by atoms with E-state index >= 15 is 0 Å². The zero-order valence-electron chi connectivity index (χ0n) is 17.7. The van der Waals surface area contributed by atoms with Crippen LogP contribution in [0.25, 0.3) is 0 Å². The average molecular weight is 521 g/mol. The zero-order chi connectivity index (χ0) is 19.6. The first-order chi connectivity index (χ1) is 13.0. The van der Waals surface area contributed by atoms with E-state index in [0.717, 1.165) is 50.5 Å². The van der Waals surface area contributed by atoms with Crippen LogP contribution in [0.5, 0.6) is 0 Å². The van der Waals surface area contributed by atoms with Crippen molar-refractivity contribution in [2.45, 2.75) is 70.6 Å². The Morgan fingerprint density at radius 2 is 2.14 bits per heavy atom. The van der Waals surface area contributed by atoms with Crippen molar-refractivity contribution in [3.05, 3.63) is 30.1 Å². The molecule has 4 atom stereocenters. The Morgan fingerprint density at radius 3 is 2.75 bits per heavy atom. The van der Waals surface area contributed by atoms with Crippen LogP contribution in [0.1, 0.15) is 64.9 Å². The fraction of sp³-hybridized carbons (Fsp3) is 0.714. The first-order valence-electron chi connectivity index (χ1n) is 10.4. The molecule has 1 saturated carbocycles. The molecule has 2 N–H and O–H groups in total. The molecule has 5 nitrogen and oxygen atoms in total. The van der Waals surface area contributed by atoms with Crippen molar-refractivity contribution >= 4 is 40.7 Å². The van der Waals surface area contributed by atoms with E-state index in [9.17, 15) is 4.21 Å². The van der Waals surface area contributed by atoms with Gasteiger partial charge in [0.2, 0.25) is 0 Å². The Hall–Kier alpha value is -0.700. The minimum absolute atomic E-state index is 0. The summed E-state index contributed by atoms with van der Waals surface area (Å²) in [4.78, 5) is 9.16. The molecule has 7 heteroatoms. The van der Waals surface area contributed by atoms with E-state index in [-0.39, 0.29) is 24.0 Å². The molecule has 1 aliphatic carbocycles. The number of guanidine groups is 1. The van der Waals surface area contributed by atoms with Crippen LogP contribution in [0.2, 0.25) is 0 Å². The summed E-state index contributed by atoms with van der Waals surface area (Å²) in [5.41, 5.74) is 1.24. The van der Waals surface area contributed by atoms with Crippen LogP contribution in [0.3, 0.4) is 0 Å². The summed E-state index contributed by atoms with van der Waals surface area (Å²) in [6.07, 6.45) is 8.08. The fourth-order valence-electron chi connectivity index (χ4n) is 3.75. The third-order valence-corrected chi connectivity index (χ3v) is 7.07. The third kappa shape index (κ3) is 7.97. The number of hydrogen-bond donors (Lipinski definition) is 2. The van der Waals surface area contributed by atoms with E-state index in [1.165, 1.54) is 5.56 Å². The van der Waals surface area contributed by atoms with Gasteiger partial charge in [-0.2, -0.15) is 0 Å². The molecule has 0 aromatic carbocycles. The number of nitrogens with one attached hydrogen (secondary N) is 2. The molecule has 0 bridgehead atoms. The quantitative estimate of drug-likeness (QED) is 0.308. The van der Waals surface area contributed by atoms with Crippen LogP contribution in [0.15, 0.2) is 29.5 Å². The molecule has 0 saturated heterocycles. The van der Waals surface area contributed by atoms with Gasteiger partial charge >= 0.3 is 0 Å². The van der Waals surface area contributed by atoms with E-state index in [1.54, 1.807) is 0 Å². The monoisotopic (exact) mass is 520 g/mol. The summed E-state index contributed by atoms with van der Waals surface area (Å²) in [6, 6.07) is 4.49. The van der Waals surface area contributed by atoms with Gasteiger partial charge in [0, 0.05) is 59.2 Å². The van der Waals surface area contributed by atoms with Crippen LogP contribution < -0.4 is 10.6 Å². The van der Waals surface area contributed by atoms with Crippen LogP contribution in [0, 0.1) is 5.92 Å². The maximum absolute atomic E-state index is 12.2. The third-order valence-electron chi connectivity index (χ3n) is 5.33. The molecule has 0 amide bonds. The number of hydrogen-bond acceptors (Lipinski definition) is 3. The van der Waals surface area contributed by atoms with Crippen molar-refractivity contribution in [3.63, 3.8) is 0 Å². The lowest BCUT2D eigenvalue weighted by atomic mass is 9.89. The molecule has 2 rings (SSSR count). The van der Waals surface area contributed by atoms with Gasteiger partial charge in [0.15, 0.2) is 5.96 Å². The Kier molecular flexibility index (Phi) is 12.2. The predicted octanol–water partition coefficient (Wildman–Crippen LogP) is 4.07. The Morgan fingerprint density at radius 1 is 1.36 bits per heavy atom. The summed E-state index contributed by atoms with van der Waals surface area (Å²) in [5.74, 6) is 2.47. The highest BCUT2D eigenvalue weighted by molar-refractivity contribution is 14.0. The highest BCUT2D eigenvalue weighted by Gasteiger charge is 2.26. The Bertz CT molecular complexity index is 612. The second-order valence-corrected chi connectivity index (χ2v) is 9.66. The van der Waals surface area contributed by atoms with Crippen molar-refractivity contribution in [1.29, 1.82) is 0 Å². The van der Waals surface area contributed by atoms with Crippen LogP contribution in [0.4, 0.5) is 0 Å². The lowest BCUT2D eigenvalue weighted by Gasteiger charge is -2.30. The summed E-state index contributed by atoms with van der Waals surface area (Å²) in [7, 11) is -0.702. The fourth-order valence-corrected chi connectivity index (χ4v) is 5.10. The lowest BCUT2D eigenvalue weighted by molar-refractivity contribution is 0.413. The number of halogens is 1. The molecule has 1 fully saturated rings. The van der Waals surface area contributed by atoms with Gasteiger partial charge in [-0.1, -0.05) is 33.3 Å². The number of pyridine rings is 1. The van der Waals surface area contributed by atoms with Crippen molar-refractivity contribution < 1.29 is 4.21 Å². The van der Waals surface area contributed by atoms with Gasteiger partial charge in [0.25, 0.3) is 0 Å². The SMILES string of the molecule is CCNC(=NCC(c1cccnc1)C(C)C)NC1CCCC(S(=O)CC)C1.I. The first kappa shape index (κ1) is 25.3. The van der Waals surface area contributed by atoms with Gasteiger partial charge in [0.05, 0.1) is 0 Å². The molecule has 28 heavy (non-hydrogen) atoms. The van der Waals surface area contributed by atoms with E-state index in [4.69, 9.17) is 4.99 Å². The molecule has 160 valence electrons. The normalized spacial score (nSPS) is 22.2. The van der Waals surface area contributed by atoms with Gasteiger partial charge in [-0.15, -0.1) is 24.0 Å². The van der Waals surface area contributed by atoms with Gasteiger partial charge in [-0.3, -0.25) is 14.2 Å². The number of nitrogens with zero attached hydrogens (tertiary/aromatic N) is 2. The molecular formula is C21H37IN4OS. The molecule has 1 aliphatic rings. The maximum Gasteiger partial charge on any atom is 0.191 e. The topological polar surface area (TPSA) is 66.4 Å². The Labute approximate surface area is 190 Å². The van der Waals surface area contributed by atoms with E-state index in [2.05, 4.69) is 42.5 Å². The molecule has 0 radical (unpaired) electrons. The molecular weight excluding hydrogens is 483 g/mol. The highest BCUT2D eigenvalue weighted by atomic mass is 127. The molecule has 1 aromatic heterocycles. The standard InChI is InChI=1S/C21H36N4OS.HI/c1-5-23-21(25-18-10-7-11-19(13-18)27(26)6-2)24-15-20(16(3)4)17-9-8-12-22-14-17;/h8-9,12,14,16,18-20H,5-7,10-11,13,15H2,1-4H3,(H2,23,24,25);1H. The second kappa shape index (κ2) is 13.5. The van der Waals surface area contributed by atoms with Crippen LogP contribution in [-0.4, -0.2) is 45.3 Å². The summed E-state index contributed by atoms with van der Waals surface area (Å²) in [5, 5.41) is 7.30. The minimum atomic E-state index is -0.702. The number of rotatable bonds is 8. The van der Waals surface area contributed by atoms with E-state index in [1.807, 2.05) is 25.4 Å². The zero-order valence-corrected chi connectivity index (χ0v) is 20.8. The van der Waals surface area contributed by atoms with Crippen molar-refractivity contribution in [2.24, 2.45) is 10.9 Å². The molecule has 0 aliphatic heterocycles. The van der Waals surface area contributed by atoms with Gasteiger partial charge in [-0.25, -0.2) is 0 Å². The summed E-state index contributed by atoms with van der Waals surface area (Å²) >= 11 is 0. The van der Waals surface area contributed by atoms with Crippen molar-refractivity contribution in [3.8, 4) is 0 Å². The largest absolute Gasteiger partial charge is 0.357 e. The van der Waals surface area contributed by atoms with Gasteiger partial charge in [-0.05, 0) is 43.7 Å². The Balaban J connectivity index is 0.00000392. The molecule has 0 spiro atoms. The van der Waals surface area contributed by atoms with Gasteiger partial charge in [0.1, 0.15) is 0 Å². The predicted molar refractivity (Wildman–Crippen MR) is 131 cm³/mol. The van der Waals surface area contributed by atoms with Crippen LogP contribution in [-0.2, 0) is 10.8 Å². The average Bonchev–Trinajstić information content (AvgIpc) is 2.68. The smallest absolute Gasteiger partial charge is 0.191 e. The summed E-state index contributed by atoms with van der Waals surface area (Å²) < 4.78 is 12.2. The molecule has 1 heterocycles. The second-order valence-electron chi connectivity index (χ2n) is 7.66.